The molecule has 2 aromatic heterocycles. The van der Waals surface area contributed by atoms with Crippen molar-refractivity contribution in [1.82, 2.24) is 14.1 Å². The van der Waals surface area contributed by atoms with Crippen LogP contribution in [-0.2, 0) is 6.54 Å². The average Bonchev–Trinajstić information content (AvgIpc) is 2.56. The van der Waals surface area contributed by atoms with Gasteiger partial charge in [0, 0.05) is 12.6 Å². The van der Waals surface area contributed by atoms with E-state index >= 15 is 0 Å². The Morgan fingerprint density at radius 3 is 2.93 bits per heavy atom. The molecule has 3 rings (SSSR count). The second kappa shape index (κ2) is 2.56. The van der Waals surface area contributed by atoms with Gasteiger partial charge in [0.15, 0.2) is 0 Å². The molecule has 5 heteroatoms. The van der Waals surface area contributed by atoms with E-state index in [0.717, 1.165) is 0 Å². The molecule has 0 aliphatic carbocycles. The summed E-state index contributed by atoms with van der Waals surface area (Å²) >= 11 is 0. The van der Waals surface area contributed by atoms with Crippen molar-refractivity contribution >= 4 is 11.2 Å². The lowest BCUT2D eigenvalue weighted by molar-refractivity contribution is 0.527. The van der Waals surface area contributed by atoms with Crippen LogP contribution in [0.1, 0.15) is 13.0 Å². The van der Waals surface area contributed by atoms with Crippen LogP contribution in [-0.4, -0.2) is 14.1 Å². The van der Waals surface area contributed by atoms with Crippen molar-refractivity contribution in [2.75, 3.05) is 0 Å². The van der Waals surface area contributed by atoms with Crippen LogP contribution < -0.4 is 11.1 Å². The fraction of sp³-hybridized carbons (Fsp3) is 0.300. The van der Waals surface area contributed by atoms with Crippen LogP contribution in [0.4, 0.5) is 0 Å². The standard InChI is InChI=1S/C10H9N3O2/c1-6-5-12-8(14)3-2-7-10(12)13(6)9(15)4-11-7/h2-4,6H,5H2,1H3/t6-/m1/s1. The average molecular weight is 203 g/mol. The molecule has 0 saturated heterocycles. The van der Waals surface area contributed by atoms with E-state index < -0.39 is 0 Å². The van der Waals surface area contributed by atoms with Gasteiger partial charge in [0.25, 0.3) is 11.1 Å². The molecule has 0 amide bonds. The third-order valence-corrected chi connectivity index (χ3v) is 2.80. The maximum atomic E-state index is 11.6. The zero-order chi connectivity index (χ0) is 10.6. The van der Waals surface area contributed by atoms with Gasteiger partial charge in [-0.1, -0.05) is 0 Å². The quantitative estimate of drug-likeness (QED) is 0.611. The third kappa shape index (κ3) is 0.945. The molecular formula is C10H9N3O2. The summed E-state index contributed by atoms with van der Waals surface area (Å²) in [6, 6.07) is 3.17. The fourth-order valence-electron chi connectivity index (χ4n) is 2.15. The van der Waals surface area contributed by atoms with Gasteiger partial charge in [0.1, 0.15) is 11.2 Å². The molecule has 0 fully saturated rings. The first-order chi connectivity index (χ1) is 7.18. The molecule has 0 N–H and O–H groups in total. The number of pyridine rings is 1. The van der Waals surface area contributed by atoms with Crippen LogP contribution in [0.15, 0.2) is 27.9 Å². The molecule has 2 aromatic rings. The van der Waals surface area contributed by atoms with Gasteiger partial charge >= 0.3 is 0 Å². The van der Waals surface area contributed by atoms with E-state index in [9.17, 15) is 9.59 Å². The SMILES string of the molecule is C[C@@H]1Cn2c(=O)ccc3ncc(=O)n1c32. The second-order valence-electron chi connectivity index (χ2n) is 3.81. The van der Waals surface area contributed by atoms with Crippen molar-refractivity contribution in [2.45, 2.75) is 19.5 Å². The van der Waals surface area contributed by atoms with Gasteiger partial charge in [0.2, 0.25) is 0 Å². The topological polar surface area (TPSA) is 56.9 Å². The molecule has 1 aliphatic rings. The Balaban J connectivity index is 2.65. The van der Waals surface area contributed by atoms with E-state index in [0.29, 0.717) is 17.7 Å². The Hall–Kier alpha value is -1.91. The van der Waals surface area contributed by atoms with Crippen LogP contribution >= 0.6 is 0 Å². The monoisotopic (exact) mass is 203 g/mol. The highest BCUT2D eigenvalue weighted by molar-refractivity contribution is 5.71. The first-order valence-corrected chi connectivity index (χ1v) is 4.79. The van der Waals surface area contributed by atoms with E-state index in [2.05, 4.69) is 4.98 Å². The van der Waals surface area contributed by atoms with Gasteiger partial charge in [-0.3, -0.25) is 18.7 Å². The Morgan fingerprint density at radius 2 is 2.13 bits per heavy atom. The lowest BCUT2D eigenvalue weighted by atomic mass is 10.3. The molecule has 0 unspecified atom stereocenters. The van der Waals surface area contributed by atoms with Crippen molar-refractivity contribution in [3.05, 3.63) is 39.0 Å². The van der Waals surface area contributed by atoms with Crippen LogP contribution in [0.2, 0.25) is 0 Å². The maximum absolute atomic E-state index is 11.6. The summed E-state index contributed by atoms with van der Waals surface area (Å²) in [4.78, 5) is 27.2. The predicted octanol–water partition coefficient (Wildman–Crippen LogP) is 0.133. The molecule has 1 aliphatic heterocycles. The summed E-state index contributed by atoms with van der Waals surface area (Å²) in [5.74, 6) is 0. The Bertz CT molecular complexity index is 663. The highest BCUT2D eigenvalue weighted by Gasteiger charge is 2.22. The number of rotatable bonds is 0. The lowest BCUT2D eigenvalue weighted by Crippen LogP contribution is -2.20. The van der Waals surface area contributed by atoms with Gasteiger partial charge in [-0.15, -0.1) is 0 Å². The molecule has 0 aromatic carbocycles. The van der Waals surface area contributed by atoms with Crippen LogP contribution in [0, 0.1) is 0 Å². The minimum Gasteiger partial charge on any atom is -0.291 e. The van der Waals surface area contributed by atoms with Gasteiger partial charge < -0.3 is 0 Å². The summed E-state index contributed by atoms with van der Waals surface area (Å²) in [7, 11) is 0. The van der Waals surface area contributed by atoms with Crippen LogP contribution in [0.3, 0.4) is 0 Å². The van der Waals surface area contributed by atoms with Gasteiger partial charge in [-0.2, -0.15) is 0 Å². The van der Waals surface area contributed by atoms with Crippen molar-refractivity contribution in [1.29, 1.82) is 0 Å². The van der Waals surface area contributed by atoms with Gasteiger partial charge in [0.05, 0.1) is 12.2 Å². The molecule has 0 radical (unpaired) electrons. The van der Waals surface area contributed by atoms with E-state index in [1.165, 1.54) is 12.3 Å². The number of hydrogen-bond acceptors (Lipinski definition) is 3. The molecule has 1 atom stereocenters. The van der Waals surface area contributed by atoms with E-state index in [-0.39, 0.29) is 17.2 Å². The Morgan fingerprint density at radius 1 is 1.33 bits per heavy atom. The zero-order valence-corrected chi connectivity index (χ0v) is 8.17. The smallest absolute Gasteiger partial charge is 0.270 e. The highest BCUT2D eigenvalue weighted by atomic mass is 16.1. The van der Waals surface area contributed by atoms with Crippen molar-refractivity contribution < 1.29 is 0 Å². The Labute approximate surface area is 84.6 Å². The normalized spacial score (nSPS) is 18.6. The third-order valence-electron chi connectivity index (χ3n) is 2.80. The fourth-order valence-corrected chi connectivity index (χ4v) is 2.15. The first kappa shape index (κ1) is 8.40. The number of hydrogen-bond donors (Lipinski definition) is 0. The second-order valence-corrected chi connectivity index (χ2v) is 3.81. The maximum Gasteiger partial charge on any atom is 0.270 e. The molecule has 5 nitrogen and oxygen atoms in total. The van der Waals surface area contributed by atoms with E-state index in [4.69, 9.17) is 0 Å². The first-order valence-electron chi connectivity index (χ1n) is 4.79. The summed E-state index contributed by atoms with van der Waals surface area (Å²) in [5, 5.41) is 0. The van der Waals surface area contributed by atoms with Crippen molar-refractivity contribution in [3.8, 4) is 0 Å². The summed E-state index contributed by atoms with van der Waals surface area (Å²) in [5.41, 5.74) is 1.11. The van der Waals surface area contributed by atoms with E-state index in [1.807, 2.05) is 6.92 Å². The highest BCUT2D eigenvalue weighted by Crippen LogP contribution is 2.20. The minimum absolute atomic E-state index is 0.0260. The molecule has 3 heterocycles. The largest absolute Gasteiger partial charge is 0.291 e. The van der Waals surface area contributed by atoms with Crippen LogP contribution in [0.5, 0.6) is 0 Å². The van der Waals surface area contributed by atoms with Gasteiger partial charge in [-0.25, -0.2) is 4.98 Å². The predicted molar refractivity (Wildman–Crippen MR) is 55.0 cm³/mol. The lowest BCUT2D eigenvalue weighted by Gasteiger charge is -2.04. The molecule has 0 spiro atoms. The molecule has 76 valence electrons. The molecule has 0 bridgehead atoms. The van der Waals surface area contributed by atoms with Crippen molar-refractivity contribution in [3.63, 3.8) is 0 Å². The zero-order valence-electron chi connectivity index (χ0n) is 8.17. The molecule has 0 saturated carbocycles. The Kier molecular flexibility index (Phi) is 1.44. The molecular weight excluding hydrogens is 194 g/mol. The molecule has 15 heavy (non-hydrogen) atoms. The number of nitrogens with zero attached hydrogens (tertiary/aromatic N) is 3. The van der Waals surface area contributed by atoms with E-state index in [1.54, 1.807) is 15.2 Å². The van der Waals surface area contributed by atoms with Crippen LogP contribution in [0.25, 0.3) is 11.2 Å². The summed E-state index contributed by atoms with van der Waals surface area (Å²) in [6.07, 6.45) is 1.30. The van der Waals surface area contributed by atoms with Crippen molar-refractivity contribution in [2.24, 2.45) is 0 Å². The summed E-state index contributed by atoms with van der Waals surface area (Å²) in [6.45, 7) is 2.48. The minimum atomic E-state index is -0.146. The van der Waals surface area contributed by atoms with Gasteiger partial charge in [-0.05, 0) is 13.0 Å². The summed E-state index contributed by atoms with van der Waals surface area (Å²) < 4.78 is 3.23. The number of aromatic nitrogens is 3.